The van der Waals surface area contributed by atoms with Gasteiger partial charge in [-0.3, -0.25) is 4.79 Å². The average Bonchev–Trinajstić information content (AvgIpc) is 2.74. The van der Waals surface area contributed by atoms with Gasteiger partial charge in [-0.25, -0.2) is 9.18 Å². The summed E-state index contributed by atoms with van der Waals surface area (Å²) >= 11 is 0. The molecule has 3 rings (SSSR count). The summed E-state index contributed by atoms with van der Waals surface area (Å²) in [6.07, 6.45) is -4.83. The Balaban J connectivity index is 1.98. The topological polar surface area (TPSA) is 84.9 Å². The van der Waals surface area contributed by atoms with Crippen molar-refractivity contribution in [3.05, 3.63) is 71.0 Å². The number of carbonyl (C=O) groups is 2. The molecule has 36 heavy (non-hydrogen) atoms. The fourth-order valence-corrected chi connectivity index (χ4v) is 3.63. The van der Waals surface area contributed by atoms with Crippen LogP contribution in [0, 0.1) is 18.2 Å². The van der Waals surface area contributed by atoms with E-state index in [1.165, 1.54) is 30.3 Å². The number of benzene rings is 3. The van der Waals surface area contributed by atoms with Gasteiger partial charge in [0.05, 0.1) is 5.56 Å². The predicted octanol–water partition coefficient (Wildman–Crippen LogP) is 5.99. The van der Waals surface area contributed by atoms with E-state index in [0.29, 0.717) is 16.5 Å². The maximum atomic E-state index is 14.6. The van der Waals surface area contributed by atoms with Gasteiger partial charge in [-0.05, 0) is 53.8 Å². The van der Waals surface area contributed by atoms with Crippen LogP contribution in [-0.2, 0) is 11.4 Å². The summed E-state index contributed by atoms with van der Waals surface area (Å²) in [6, 6.07) is 9.43. The summed E-state index contributed by atoms with van der Waals surface area (Å²) in [4.78, 5) is 24.9. The number of hydrogen-bond donors (Lipinski definition) is 2. The molecule has 1 amide bonds. The fourth-order valence-electron chi connectivity index (χ4n) is 3.63. The summed E-state index contributed by atoms with van der Waals surface area (Å²) < 4.78 is 61.6. The van der Waals surface area contributed by atoms with E-state index in [4.69, 9.17) is 4.74 Å². The van der Waals surface area contributed by atoms with E-state index in [1.807, 2.05) is 0 Å². The van der Waals surface area contributed by atoms with Crippen molar-refractivity contribution in [1.29, 1.82) is 0 Å². The molecule has 3 aromatic rings. The number of aliphatic carboxylic acids is 1. The molecular weight excluding hydrogens is 482 g/mol. The molecule has 0 aliphatic heterocycles. The Kier molecular flexibility index (Phi) is 7.47. The quantitative estimate of drug-likeness (QED) is 0.384. The number of amides is 1. The smallest absolute Gasteiger partial charge is 0.487 e. The first-order valence-electron chi connectivity index (χ1n) is 10.9. The SMILES string of the molecule is Cc1cc(F)c2ccc(C(=O)N[C@H](C(=O)O)C(C)(C)C)c(OCc3ccc(OC(F)(F)F)cc3)c2c1. The number of carbonyl (C=O) groups excluding carboxylic acids is 1. The largest absolute Gasteiger partial charge is 0.573 e. The first-order valence-corrected chi connectivity index (χ1v) is 10.9. The van der Waals surface area contributed by atoms with Crippen molar-refractivity contribution in [2.24, 2.45) is 5.41 Å². The molecule has 10 heteroatoms. The second kappa shape index (κ2) is 10.0. The Morgan fingerprint density at radius 2 is 1.64 bits per heavy atom. The molecule has 1 atom stereocenters. The van der Waals surface area contributed by atoms with E-state index in [0.717, 1.165) is 12.1 Å². The Hall–Kier alpha value is -3.82. The summed E-state index contributed by atoms with van der Waals surface area (Å²) in [5.41, 5.74) is 0.204. The lowest BCUT2D eigenvalue weighted by Gasteiger charge is -2.28. The van der Waals surface area contributed by atoms with Crippen LogP contribution in [0.1, 0.15) is 42.3 Å². The Morgan fingerprint density at radius 1 is 1.00 bits per heavy atom. The average molecular weight is 507 g/mol. The number of carboxylic acids is 1. The van der Waals surface area contributed by atoms with E-state index in [1.54, 1.807) is 33.8 Å². The summed E-state index contributed by atoms with van der Waals surface area (Å²) in [7, 11) is 0. The Morgan fingerprint density at radius 3 is 2.19 bits per heavy atom. The van der Waals surface area contributed by atoms with Crippen molar-refractivity contribution in [3.8, 4) is 11.5 Å². The van der Waals surface area contributed by atoms with E-state index >= 15 is 0 Å². The number of nitrogens with one attached hydrogen (secondary N) is 1. The molecule has 0 heterocycles. The third-order valence-corrected chi connectivity index (χ3v) is 5.35. The van der Waals surface area contributed by atoms with Crippen molar-refractivity contribution in [2.45, 2.75) is 46.7 Å². The highest BCUT2D eigenvalue weighted by atomic mass is 19.4. The van der Waals surface area contributed by atoms with Crippen LogP contribution in [0.3, 0.4) is 0 Å². The van der Waals surface area contributed by atoms with Crippen molar-refractivity contribution in [3.63, 3.8) is 0 Å². The zero-order valence-corrected chi connectivity index (χ0v) is 20.0. The lowest BCUT2D eigenvalue weighted by atomic mass is 9.86. The van der Waals surface area contributed by atoms with Crippen LogP contribution in [0.5, 0.6) is 11.5 Å². The lowest BCUT2D eigenvalue weighted by Crippen LogP contribution is -2.49. The molecule has 0 radical (unpaired) electrons. The molecule has 0 saturated carbocycles. The Bertz CT molecular complexity index is 1280. The molecule has 6 nitrogen and oxygen atoms in total. The molecule has 192 valence electrons. The molecule has 0 spiro atoms. The molecule has 0 aliphatic rings. The van der Waals surface area contributed by atoms with Crippen molar-refractivity contribution >= 4 is 22.6 Å². The van der Waals surface area contributed by atoms with E-state index < -0.39 is 41.3 Å². The molecule has 0 bridgehead atoms. The van der Waals surface area contributed by atoms with Crippen molar-refractivity contribution in [1.82, 2.24) is 5.32 Å². The molecule has 0 aliphatic carbocycles. The van der Waals surface area contributed by atoms with Gasteiger partial charge in [0.25, 0.3) is 5.91 Å². The number of alkyl halides is 3. The standard InChI is InChI=1S/C26H25F4NO5/c1-14-11-19-17(20(27)12-14)9-10-18(23(32)31-22(24(33)34)25(2,3)4)21(19)35-13-15-5-7-16(8-6-15)36-26(28,29)30/h5-12,22H,13H2,1-4H3,(H,31,32)(H,33,34)/t22-/m1/s1. The van der Waals surface area contributed by atoms with Gasteiger partial charge >= 0.3 is 12.3 Å². The molecule has 0 fully saturated rings. The lowest BCUT2D eigenvalue weighted by molar-refractivity contribution is -0.274. The maximum Gasteiger partial charge on any atom is 0.573 e. The highest BCUT2D eigenvalue weighted by molar-refractivity contribution is 6.05. The highest BCUT2D eigenvalue weighted by Crippen LogP contribution is 2.34. The van der Waals surface area contributed by atoms with E-state index in [9.17, 15) is 32.3 Å². The van der Waals surface area contributed by atoms with Gasteiger partial charge < -0.3 is 19.9 Å². The number of fused-ring (bicyclic) bond motifs is 1. The Labute approximate surface area is 204 Å². The molecular formula is C26H25F4NO5. The zero-order chi connectivity index (χ0) is 26.8. The monoisotopic (exact) mass is 507 g/mol. The second-order valence-corrected chi connectivity index (χ2v) is 9.38. The number of halogens is 4. The van der Waals surface area contributed by atoms with Crippen LogP contribution in [0.25, 0.3) is 10.8 Å². The van der Waals surface area contributed by atoms with Crippen LogP contribution in [0.4, 0.5) is 17.6 Å². The van der Waals surface area contributed by atoms with Gasteiger partial charge in [0.2, 0.25) is 0 Å². The van der Waals surface area contributed by atoms with Crippen molar-refractivity contribution in [2.75, 3.05) is 0 Å². The second-order valence-electron chi connectivity index (χ2n) is 9.38. The predicted molar refractivity (Wildman–Crippen MR) is 124 cm³/mol. The molecule has 0 unspecified atom stereocenters. The fraction of sp³-hybridized carbons (Fsp3) is 0.308. The van der Waals surface area contributed by atoms with Crippen LogP contribution >= 0.6 is 0 Å². The zero-order valence-electron chi connectivity index (χ0n) is 20.0. The van der Waals surface area contributed by atoms with E-state index in [-0.39, 0.29) is 23.3 Å². The normalized spacial score (nSPS) is 12.8. The number of carboxylic acid groups (broad SMARTS) is 1. The van der Waals surface area contributed by atoms with Gasteiger partial charge in [-0.2, -0.15) is 0 Å². The third-order valence-electron chi connectivity index (χ3n) is 5.35. The summed E-state index contributed by atoms with van der Waals surface area (Å²) in [6.45, 7) is 6.49. The summed E-state index contributed by atoms with van der Waals surface area (Å²) in [5.74, 6) is -2.88. The van der Waals surface area contributed by atoms with Crippen molar-refractivity contribution < 1.29 is 41.7 Å². The summed E-state index contributed by atoms with van der Waals surface area (Å²) in [5, 5.41) is 12.6. The molecule has 0 aromatic heterocycles. The number of hydrogen-bond acceptors (Lipinski definition) is 4. The first-order chi connectivity index (χ1) is 16.7. The minimum atomic E-state index is -4.83. The molecule has 2 N–H and O–H groups in total. The van der Waals surface area contributed by atoms with Crippen LogP contribution in [-0.4, -0.2) is 29.4 Å². The first kappa shape index (κ1) is 26.8. The minimum absolute atomic E-state index is 0.0139. The molecule has 3 aromatic carbocycles. The minimum Gasteiger partial charge on any atom is -0.487 e. The number of rotatable bonds is 7. The number of aryl methyl sites for hydroxylation is 1. The van der Waals surface area contributed by atoms with Gasteiger partial charge in [-0.1, -0.05) is 39.0 Å². The van der Waals surface area contributed by atoms with Crippen LogP contribution < -0.4 is 14.8 Å². The third kappa shape index (κ3) is 6.44. The van der Waals surface area contributed by atoms with Crippen LogP contribution in [0.15, 0.2) is 48.5 Å². The highest BCUT2D eigenvalue weighted by Gasteiger charge is 2.34. The van der Waals surface area contributed by atoms with Gasteiger partial charge in [0.1, 0.15) is 30.0 Å². The van der Waals surface area contributed by atoms with Gasteiger partial charge in [-0.15, -0.1) is 13.2 Å². The number of ether oxygens (including phenoxy) is 2. The molecule has 0 saturated heterocycles. The van der Waals surface area contributed by atoms with Crippen LogP contribution in [0.2, 0.25) is 0 Å². The van der Waals surface area contributed by atoms with E-state index in [2.05, 4.69) is 10.1 Å². The maximum absolute atomic E-state index is 14.6. The van der Waals surface area contributed by atoms with Gasteiger partial charge in [0, 0.05) is 10.8 Å². The van der Waals surface area contributed by atoms with Gasteiger partial charge in [0.15, 0.2) is 0 Å².